The molecule has 0 fully saturated rings. The lowest BCUT2D eigenvalue weighted by Gasteiger charge is -2.18. The van der Waals surface area contributed by atoms with Crippen molar-refractivity contribution in [1.82, 2.24) is 0 Å². The van der Waals surface area contributed by atoms with Gasteiger partial charge in [-0.15, -0.1) is 0 Å². The van der Waals surface area contributed by atoms with E-state index >= 15 is 0 Å². The summed E-state index contributed by atoms with van der Waals surface area (Å²) in [5.41, 5.74) is 0. The summed E-state index contributed by atoms with van der Waals surface area (Å²) in [6.45, 7) is 6.50. The van der Waals surface area contributed by atoms with E-state index in [0.717, 1.165) is 109 Å². The summed E-state index contributed by atoms with van der Waals surface area (Å²) < 4.78 is 16.9. The molecule has 0 bridgehead atoms. The quantitative estimate of drug-likeness (QED) is 0.0261. The Morgan fingerprint density at radius 1 is 0.296 bits per heavy atom. The van der Waals surface area contributed by atoms with Crippen molar-refractivity contribution in [3.05, 3.63) is 60.8 Å². The van der Waals surface area contributed by atoms with Crippen LogP contribution in [0.25, 0.3) is 0 Å². The van der Waals surface area contributed by atoms with Crippen LogP contribution < -0.4 is 0 Å². The first-order valence-electron chi connectivity index (χ1n) is 30.8. The maximum atomic E-state index is 12.9. The summed E-state index contributed by atoms with van der Waals surface area (Å²) in [6, 6.07) is 0. The van der Waals surface area contributed by atoms with Gasteiger partial charge in [-0.2, -0.15) is 0 Å². The van der Waals surface area contributed by atoms with Crippen LogP contribution >= 0.6 is 0 Å². The highest BCUT2D eigenvalue weighted by Crippen LogP contribution is 2.17. The van der Waals surface area contributed by atoms with Crippen LogP contribution in [0.4, 0.5) is 0 Å². The van der Waals surface area contributed by atoms with Crippen LogP contribution in [0, 0.1) is 0 Å². The monoisotopic (exact) mass is 993 g/mol. The molecule has 6 heteroatoms. The smallest absolute Gasteiger partial charge is 0.306 e. The van der Waals surface area contributed by atoms with E-state index < -0.39 is 6.10 Å². The third-order valence-electron chi connectivity index (χ3n) is 13.5. The molecule has 0 saturated heterocycles. The predicted molar refractivity (Wildman–Crippen MR) is 307 cm³/mol. The molecule has 0 amide bonds. The molecule has 0 aliphatic carbocycles. The van der Waals surface area contributed by atoms with Crippen molar-refractivity contribution in [1.29, 1.82) is 0 Å². The van der Waals surface area contributed by atoms with Crippen LogP contribution in [0.1, 0.15) is 316 Å². The molecule has 0 aromatic rings. The molecular formula is C65H116O6. The van der Waals surface area contributed by atoms with E-state index in [-0.39, 0.29) is 31.1 Å². The van der Waals surface area contributed by atoms with Gasteiger partial charge in [-0.25, -0.2) is 0 Å². The van der Waals surface area contributed by atoms with E-state index in [1.54, 1.807) is 0 Å². The molecule has 6 nitrogen and oxygen atoms in total. The maximum Gasteiger partial charge on any atom is 0.306 e. The molecule has 0 radical (unpaired) electrons. The molecule has 0 N–H and O–H groups in total. The second kappa shape index (κ2) is 59.7. The number of carbonyl (C=O) groups excluding carboxylic acids is 3. The Kier molecular flexibility index (Phi) is 57.2. The average Bonchev–Trinajstić information content (AvgIpc) is 3.37. The van der Waals surface area contributed by atoms with E-state index in [1.165, 1.54) is 167 Å². The Morgan fingerprint density at radius 2 is 0.549 bits per heavy atom. The van der Waals surface area contributed by atoms with E-state index in [1.807, 2.05) is 0 Å². The van der Waals surface area contributed by atoms with Gasteiger partial charge in [0.1, 0.15) is 13.2 Å². The Morgan fingerprint density at radius 3 is 0.901 bits per heavy atom. The van der Waals surface area contributed by atoms with Crippen molar-refractivity contribution in [3.63, 3.8) is 0 Å². The fourth-order valence-corrected chi connectivity index (χ4v) is 8.90. The van der Waals surface area contributed by atoms with Crippen LogP contribution in [-0.4, -0.2) is 37.2 Å². The molecule has 412 valence electrons. The average molecular weight is 994 g/mol. The van der Waals surface area contributed by atoms with Gasteiger partial charge in [-0.3, -0.25) is 14.4 Å². The summed E-state index contributed by atoms with van der Waals surface area (Å²) >= 11 is 0. The molecule has 0 saturated carbocycles. The van der Waals surface area contributed by atoms with Crippen molar-refractivity contribution >= 4 is 17.9 Å². The number of hydrogen-bond acceptors (Lipinski definition) is 6. The number of unbranched alkanes of at least 4 members (excludes halogenated alkanes) is 35. The molecule has 0 spiro atoms. The third-order valence-corrected chi connectivity index (χ3v) is 13.5. The van der Waals surface area contributed by atoms with Gasteiger partial charge < -0.3 is 14.2 Å². The summed E-state index contributed by atoms with van der Waals surface area (Å²) in [4.78, 5) is 38.2. The van der Waals surface area contributed by atoms with Crippen molar-refractivity contribution < 1.29 is 28.6 Å². The Balaban J connectivity index is 4.26. The van der Waals surface area contributed by atoms with Gasteiger partial charge in [0, 0.05) is 19.3 Å². The van der Waals surface area contributed by atoms with Crippen LogP contribution in [0.5, 0.6) is 0 Å². The fourth-order valence-electron chi connectivity index (χ4n) is 8.90. The first-order chi connectivity index (χ1) is 35.0. The molecule has 0 aromatic heterocycles. The molecule has 1 atom stereocenters. The van der Waals surface area contributed by atoms with E-state index in [9.17, 15) is 14.4 Å². The van der Waals surface area contributed by atoms with Crippen LogP contribution in [-0.2, 0) is 28.6 Å². The summed E-state index contributed by atoms with van der Waals surface area (Å²) in [6.07, 6.45) is 75.2. The minimum absolute atomic E-state index is 0.0869. The second-order valence-electron chi connectivity index (χ2n) is 20.6. The van der Waals surface area contributed by atoms with Crippen LogP contribution in [0.2, 0.25) is 0 Å². The number of allylic oxidation sites excluding steroid dienone is 10. The van der Waals surface area contributed by atoms with Gasteiger partial charge in [0.2, 0.25) is 0 Å². The molecule has 0 aliphatic heterocycles. The SMILES string of the molecule is CC/C=C\C/C=C\C/C=C\CCCCCC(=O)OCC(COC(=O)CCCCCCCCCCCCCCCCCCCCCCCCCCC)OC(=O)CCCCCCC/C=C\C/C=C\CCCCC. The first-order valence-corrected chi connectivity index (χ1v) is 30.8. The van der Waals surface area contributed by atoms with Crippen molar-refractivity contribution in [3.8, 4) is 0 Å². The molecule has 71 heavy (non-hydrogen) atoms. The maximum absolute atomic E-state index is 12.9. The van der Waals surface area contributed by atoms with E-state index in [4.69, 9.17) is 14.2 Å². The lowest BCUT2D eigenvalue weighted by Crippen LogP contribution is -2.30. The first kappa shape index (κ1) is 68.1. The van der Waals surface area contributed by atoms with Crippen molar-refractivity contribution in [2.24, 2.45) is 0 Å². The third kappa shape index (κ3) is 57.9. The highest BCUT2D eigenvalue weighted by Gasteiger charge is 2.19. The molecule has 0 aliphatic rings. The zero-order valence-electron chi connectivity index (χ0n) is 47.2. The highest BCUT2D eigenvalue weighted by molar-refractivity contribution is 5.71. The molecule has 0 heterocycles. The number of rotatable bonds is 56. The fraction of sp³-hybridized carbons (Fsp3) is 0.800. The summed E-state index contributed by atoms with van der Waals surface area (Å²) in [5, 5.41) is 0. The van der Waals surface area contributed by atoms with Crippen molar-refractivity contribution in [2.45, 2.75) is 322 Å². The number of esters is 3. The topological polar surface area (TPSA) is 78.9 Å². The van der Waals surface area contributed by atoms with E-state index in [0.29, 0.717) is 19.3 Å². The number of hydrogen-bond donors (Lipinski definition) is 0. The summed E-state index contributed by atoms with van der Waals surface area (Å²) in [7, 11) is 0. The largest absolute Gasteiger partial charge is 0.462 e. The Hall–Kier alpha value is -2.89. The molecule has 1 unspecified atom stereocenters. The zero-order chi connectivity index (χ0) is 51.4. The summed E-state index contributed by atoms with van der Waals surface area (Å²) in [5.74, 6) is -0.918. The van der Waals surface area contributed by atoms with Gasteiger partial charge in [0.15, 0.2) is 6.10 Å². The molecule has 0 aromatic carbocycles. The zero-order valence-corrected chi connectivity index (χ0v) is 47.2. The standard InChI is InChI=1S/C65H116O6/c1-4-7-10-13-16-19-22-25-27-28-29-30-31-32-33-34-35-36-38-40-43-46-49-52-55-58-64(67)70-61-62(60-69-63(66)57-54-51-48-45-42-39-24-21-18-15-12-9-6-3)71-65(68)59-56-53-50-47-44-41-37-26-23-20-17-14-11-8-5-2/h9,12,17-18,20-21,26,37,39,42,62H,4-8,10-11,13-16,19,22-25,27-36,38,40-41,43-61H2,1-3H3/b12-9-,20-17-,21-18-,37-26-,42-39-. The Bertz CT molecular complexity index is 1280. The van der Waals surface area contributed by atoms with Gasteiger partial charge in [-0.05, 0) is 83.5 Å². The number of carbonyl (C=O) groups is 3. The van der Waals surface area contributed by atoms with Gasteiger partial charge in [0.25, 0.3) is 0 Å². The number of ether oxygens (including phenoxy) is 3. The molecular weight excluding hydrogens is 877 g/mol. The van der Waals surface area contributed by atoms with Crippen molar-refractivity contribution in [2.75, 3.05) is 13.2 Å². The Labute approximate surface area is 440 Å². The van der Waals surface area contributed by atoms with Gasteiger partial charge in [-0.1, -0.05) is 274 Å². The predicted octanol–water partition coefficient (Wildman–Crippen LogP) is 20.8. The minimum Gasteiger partial charge on any atom is -0.462 e. The minimum atomic E-state index is -0.792. The van der Waals surface area contributed by atoms with E-state index in [2.05, 4.69) is 81.5 Å². The lowest BCUT2D eigenvalue weighted by molar-refractivity contribution is -0.167. The second-order valence-corrected chi connectivity index (χ2v) is 20.6. The molecule has 0 rings (SSSR count). The van der Waals surface area contributed by atoms with Gasteiger partial charge in [0.05, 0.1) is 0 Å². The van der Waals surface area contributed by atoms with Crippen LogP contribution in [0.3, 0.4) is 0 Å². The normalized spacial score (nSPS) is 12.4. The highest BCUT2D eigenvalue weighted by atomic mass is 16.6. The van der Waals surface area contributed by atoms with Gasteiger partial charge >= 0.3 is 17.9 Å². The lowest BCUT2D eigenvalue weighted by atomic mass is 10.0. The van der Waals surface area contributed by atoms with Crippen LogP contribution in [0.15, 0.2) is 60.8 Å².